The molecule has 2 aromatic carbocycles. The number of non-ortho nitro benzene ring substituents is 1. The third-order valence-corrected chi connectivity index (χ3v) is 4.22. The number of H-pyrrole nitrogens is 1. The lowest BCUT2D eigenvalue weighted by Gasteiger charge is -2.05. The Morgan fingerprint density at radius 2 is 1.96 bits per heavy atom. The van der Waals surface area contributed by atoms with Crippen molar-refractivity contribution in [3.8, 4) is 17.3 Å². The summed E-state index contributed by atoms with van der Waals surface area (Å²) in [6.45, 7) is 0. The molecule has 0 aliphatic rings. The van der Waals surface area contributed by atoms with E-state index in [4.69, 9.17) is 10.4 Å². The van der Waals surface area contributed by atoms with Crippen molar-refractivity contribution in [3.05, 3.63) is 63.7 Å². The highest BCUT2D eigenvalue weighted by Gasteiger charge is 2.15. The molecule has 3 rings (SSSR count). The lowest BCUT2D eigenvalue weighted by molar-refractivity contribution is -0.384. The van der Waals surface area contributed by atoms with Gasteiger partial charge in [0.1, 0.15) is 0 Å². The summed E-state index contributed by atoms with van der Waals surface area (Å²) in [7, 11) is 0. The number of nitrogens with one attached hydrogen (secondary N) is 1. The Hall–Kier alpha value is -3.66. The number of nitro benzene ring substituents is 1. The number of fused-ring (bicyclic) bond motifs is 1. The van der Waals surface area contributed by atoms with Gasteiger partial charge in [0.2, 0.25) is 0 Å². The van der Waals surface area contributed by atoms with Crippen molar-refractivity contribution < 1.29 is 14.8 Å². The van der Waals surface area contributed by atoms with Gasteiger partial charge in [0.25, 0.3) is 5.69 Å². The molecule has 0 saturated heterocycles. The van der Waals surface area contributed by atoms with Crippen LogP contribution in [0, 0.1) is 21.4 Å². The van der Waals surface area contributed by atoms with Gasteiger partial charge in [-0.15, -0.1) is 0 Å². The third kappa shape index (κ3) is 3.39. The fraction of sp³-hybridized carbons (Fsp3) is 0.158. The summed E-state index contributed by atoms with van der Waals surface area (Å²) in [5.41, 5.74) is 3.83. The average molecular weight is 349 g/mol. The maximum atomic E-state index is 10.8. The Balaban J connectivity index is 2.08. The van der Waals surface area contributed by atoms with E-state index in [1.807, 2.05) is 6.07 Å². The summed E-state index contributed by atoms with van der Waals surface area (Å²) in [4.78, 5) is 24.5. The number of hydrogen-bond acceptors (Lipinski definition) is 4. The molecule has 0 amide bonds. The van der Waals surface area contributed by atoms with E-state index < -0.39 is 10.9 Å². The van der Waals surface area contributed by atoms with Crippen LogP contribution < -0.4 is 0 Å². The molecule has 0 aliphatic heterocycles. The standard InChI is InChI=1S/C19H15N3O4/c20-11-12-4-9-17-16(10-12)15(2-1-3-18(23)24)19(21-17)13-5-7-14(8-6-13)22(25)26/h4-10,21H,1-3H2,(H,23,24). The highest BCUT2D eigenvalue weighted by molar-refractivity contribution is 5.91. The molecule has 2 N–H and O–H groups in total. The fourth-order valence-electron chi connectivity index (χ4n) is 2.99. The number of hydrogen-bond donors (Lipinski definition) is 2. The fourth-order valence-corrected chi connectivity index (χ4v) is 2.99. The van der Waals surface area contributed by atoms with Gasteiger partial charge in [-0.3, -0.25) is 14.9 Å². The van der Waals surface area contributed by atoms with E-state index in [1.54, 1.807) is 24.3 Å². The number of carbonyl (C=O) groups is 1. The first-order valence-electron chi connectivity index (χ1n) is 8.01. The zero-order chi connectivity index (χ0) is 18.7. The molecule has 0 aliphatic carbocycles. The largest absolute Gasteiger partial charge is 0.481 e. The van der Waals surface area contributed by atoms with E-state index >= 15 is 0 Å². The van der Waals surface area contributed by atoms with Crippen LogP contribution in [0.15, 0.2) is 42.5 Å². The Labute approximate surface area is 148 Å². The number of carboxylic acids is 1. The van der Waals surface area contributed by atoms with E-state index in [2.05, 4.69) is 11.1 Å². The van der Waals surface area contributed by atoms with Crippen LogP contribution in [0.2, 0.25) is 0 Å². The van der Waals surface area contributed by atoms with Gasteiger partial charge in [0.05, 0.1) is 16.6 Å². The summed E-state index contributed by atoms with van der Waals surface area (Å²) in [6.07, 6.45) is 1.02. The topological polar surface area (TPSA) is 120 Å². The number of aryl methyl sites for hydroxylation is 1. The molecule has 0 fully saturated rings. The molecule has 26 heavy (non-hydrogen) atoms. The molecule has 0 saturated carbocycles. The second kappa shape index (κ2) is 7.07. The smallest absolute Gasteiger partial charge is 0.303 e. The third-order valence-electron chi connectivity index (χ3n) is 4.22. The van der Waals surface area contributed by atoms with Crippen LogP contribution in [0.5, 0.6) is 0 Å². The SMILES string of the molecule is N#Cc1ccc2[nH]c(-c3ccc([N+](=O)[O-])cc3)c(CCCC(=O)O)c2c1. The molecule has 3 aromatic rings. The predicted molar refractivity (Wildman–Crippen MR) is 95.7 cm³/mol. The molecule has 7 heteroatoms. The highest BCUT2D eigenvalue weighted by atomic mass is 16.6. The summed E-state index contributed by atoms with van der Waals surface area (Å²) in [5.74, 6) is -0.862. The lowest BCUT2D eigenvalue weighted by Crippen LogP contribution is -1.96. The minimum Gasteiger partial charge on any atom is -0.481 e. The number of nitro groups is 1. The molecule has 0 unspecified atom stereocenters. The average Bonchev–Trinajstić information content (AvgIpc) is 2.99. The van der Waals surface area contributed by atoms with E-state index in [-0.39, 0.29) is 12.1 Å². The van der Waals surface area contributed by atoms with Crippen LogP contribution in [-0.4, -0.2) is 21.0 Å². The van der Waals surface area contributed by atoms with Crippen LogP contribution in [0.3, 0.4) is 0 Å². The number of nitrogens with zero attached hydrogens (tertiary/aromatic N) is 2. The number of nitriles is 1. The summed E-state index contributed by atoms with van der Waals surface area (Å²) in [5, 5.41) is 29.7. The van der Waals surface area contributed by atoms with Crippen LogP contribution in [0.1, 0.15) is 24.0 Å². The Kier molecular flexibility index (Phi) is 4.67. The molecule has 0 atom stereocenters. The minimum atomic E-state index is -0.862. The summed E-state index contributed by atoms with van der Waals surface area (Å²) < 4.78 is 0. The van der Waals surface area contributed by atoms with Crippen molar-refractivity contribution in [2.45, 2.75) is 19.3 Å². The van der Waals surface area contributed by atoms with Crippen molar-refractivity contribution in [1.29, 1.82) is 5.26 Å². The van der Waals surface area contributed by atoms with E-state index in [9.17, 15) is 14.9 Å². The molecule has 0 spiro atoms. The highest BCUT2D eigenvalue weighted by Crippen LogP contribution is 2.33. The van der Waals surface area contributed by atoms with Gasteiger partial charge < -0.3 is 10.1 Å². The maximum Gasteiger partial charge on any atom is 0.303 e. The van der Waals surface area contributed by atoms with E-state index in [0.29, 0.717) is 18.4 Å². The van der Waals surface area contributed by atoms with Crippen molar-refractivity contribution >= 4 is 22.6 Å². The second-order valence-electron chi connectivity index (χ2n) is 5.90. The van der Waals surface area contributed by atoms with Gasteiger partial charge in [-0.2, -0.15) is 5.26 Å². The first kappa shape index (κ1) is 17.2. The zero-order valence-corrected chi connectivity index (χ0v) is 13.7. The molecule has 1 aromatic heterocycles. The Morgan fingerprint density at radius 1 is 1.23 bits per heavy atom. The number of aromatic amines is 1. The van der Waals surface area contributed by atoms with Gasteiger partial charge in [-0.25, -0.2) is 0 Å². The Bertz CT molecular complexity index is 1030. The van der Waals surface area contributed by atoms with Crippen molar-refractivity contribution in [2.24, 2.45) is 0 Å². The minimum absolute atomic E-state index is 0.00375. The molecular weight excluding hydrogens is 334 g/mol. The van der Waals surface area contributed by atoms with Crippen molar-refractivity contribution in [2.75, 3.05) is 0 Å². The van der Waals surface area contributed by atoms with Crippen LogP contribution in [0.25, 0.3) is 22.2 Å². The first-order chi connectivity index (χ1) is 12.5. The maximum absolute atomic E-state index is 10.8. The summed E-state index contributed by atoms with van der Waals surface area (Å²) >= 11 is 0. The van der Waals surface area contributed by atoms with Gasteiger partial charge in [0, 0.05) is 35.2 Å². The second-order valence-corrected chi connectivity index (χ2v) is 5.90. The number of aliphatic carboxylic acids is 1. The number of benzene rings is 2. The van der Waals surface area contributed by atoms with Crippen LogP contribution >= 0.6 is 0 Å². The number of aromatic nitrogens is 1. The van der Waals surface area contributed by atoms with Gasteiger partial charge in [-0.1, -0.05) is 0 Å². The van der Waals surface area contributed by atoms with Crippen LogP contribution in [-0.2, 0) is 11.2 Å². The number of carboxylic acid groups (broad SMARTS) is 1. The Morgan fingerprint density at radius 3 is 2.58 bits per heavy atom. The molecule has 0 radical (unpaired) electrons. The first-order valence-corrected chi connectivity index (χ1v) is 8.01. The molecule has 1 heterocycles. The van der Waals surface area contributed by atoms with Gasteiger partial charge in [0.15, 0.2) is 0 Å². The molecule has 7 nitrogen and oxygen atoms in total. The molecular formula is C19H15N3O4. The van der Waals surface area contributed by atoms with E-state index in [1.165, 1.54) is 12.1 Å². The zero-order valence-electron chi connectivity index (χ0n) is 13.7. The van der Waals surface area contributed by atoms with Gasteiger partial charge in [-0.05, 0) is 54.3 Å². The molecule has 130 valence electrons. The predicted octanol–water partition coefficient (Wildman–Crippen LogP) is 4.02. The summed E-state index contributed by atoms with van der Waals surface area (Å²) in [6, 6.07) is 13.6. The van der Waals surface area contributed by atoms with Crippen molar-refractivity contribution in [3.63, 3.8) is 0 Å². The van der Waals surface area contributed by atoms with Crippen LogP contribution in [0.4, 0.5) is 5.69 Å². The lowest BCUT2D eigenvalue weighted by atomic mass is 9.99. The van der Waals surface area contributed by atoms with Gasteiger partial charge >= 0.3 is 5.97 Å². The number of rotatable bonds is 6. The van der Waals surface area contributed by atoms with E-state index in [0.717, 1.165) is 27.7 Å². The molecule has 0 bridgehead atoms. The monoisotopic (exact) mass is 349 g/mol. The quantitative estimate of drug-likeness (QED) is 0.514. The van der Waals surface area contributed by atoms with Crippen molar-refractivity contribution in [1.82, 2.24) is 4.98 Å². The normalized spacial score (nSPS) is 10.6.